The maximum atomic E-state index is 12.7. The molecule has 0 radical (unpaired) electrons. The van der Waals surface area contributed by atoms with Crippen LogP contribution in [0.3, 0.4) is 0 Å². The molecule has 2 aromatic heterocycles. The van der Waals surface area contributed by atoms with Crippen LogP contribution in [0.25, 0.3) is 11.3 Å². The predicted octanol–water partition coefficient (Wildman–Crippen LogP) is 2.80. The van der Waals surface area contributed by atoms with Crippen molar-refractivity contribution in [2.24, 2.45) is 0 Å². The van der Waals surface area contributed by atoms with E-state index in [-0.39, 0.29) is 11.9 Å². The molecule has 2 N–H and O–H groups in total. The van der Waals surface area contributed by atoms with E-state index in [1.54, 1.807) is 0 Å². The number of imidazole rings is 1. The number of carbonyl (C=O) groups is 1. The van der Waals surface area contributed by atoms with Gasteiger partial charge < -0.3 is 9.88 Å². The van der Waals surface area contributed by atoms with Gasteiger partial charge in [-0.2, -0.15) is 5.10 Å². The lowest BCUT2D eigenvalue weighted by Crippen LogP contribution is -2.31. The number of aromatic nitrogens is 5. The molecule has 3 heterocycles. The molecule has 0 spiro atoms. The fourth-order valence-electron chi connectivity index (χ4n) is 3.59. The number of hydrogen-bond acceptors (Lipinski definition) is 4. The average Bonchev–Trinajstić information content (AvgIpc) is 3.40. The number of benzene rings is 1. The van der Waals surface area contributed by atoms with Crippen molar-refractivity contribution in [3.8, 4) is 11.3 Å². The van der Waals surface area contributed by atoms with Gasteiger partial charge in [0.25, 0.3) is 0 Å². The fraction of sp³-hybridized carbons (Fsp3) is 0.368. The lowest BCUT2D eigenvalue weighted by atomic mass is 10.1. The van der Waals surface area contributed by atoms with E-state index in [1.165, 1.54) is 6.33 Å². The Morgan fingerprint density at radius 3 is 2.92 bits per heavy atom. The van der Waals surface area contributed by atoms with Gasteiger partial charge in [0.1, 0.15) is 18.0 Å². The second-order valence-electron chi connectivity index (χ2n) is 6.64. The first kappa shape index (κ1) is 16.5. The Labute approximate surface area is 151 Å². The summed E-state index contributed by atoms with van der Waals surface area (Å²) in [5, 5.41) is 6.63. The van der Waals surface area contributed by atoms with Crippen LogP contribution in [0.5, 0.6) is 0 Å². The largest absolute Gasteiger partial charge is 0.344 e. The molecule has 1 aliphatic heterocycles. The van der Waals surface area contributed by atoms with Gasteiger partial charge >= 0.3 is 0 Å². The molecule has 1 atom stereocenters. The summed E-state index contributed by atoms with van der Waals surface area (Å²) >= 11 is 0. The molecule has 1 fully saturated rings. The summed E-state index contributed by atoms with van der Waals surface area (Å²) < 4.78 is 0. The number of carbonyl (C=O) groups excluding carboxylic acids is 1. The fourth-order valence-corrected chi connectivity index (χ4v) is 3.59. The zero-order chi connectivity index (χ0) is 17.9. The van der Waals surface area contributed by atoms with E-state index in [4.69, 9.17) is 4.98 Å². The van der Waals surface area contributed by atoms with Crippen molar-refractivity contribution in [2.45, 2.75) is 38.6 Å². The molecule has 7 nitrogen and oxygen atoms in total. The van der Waals surface area contributed by atoms with E-state index in [2.05, 4.69) is 32.3 Å². The van der Waals surface area contributed by atoms with Gasteiger partial charge in [-0.05, 0) is 19.8 Å². The first-order valence-corrected chi connectivity index (χ1v) is 8.98. The molecule has 3 aromatic rings. The van der Waals surface area contributed by atoms with Crippen LogP contribution < -0.4 is 0 Å². The molecule has 1 aromatic carbocycles. The molecule has 1 unspecified atom stereocenters. The molecular formula is C19H22N6O. The minimum absolute atomic E-state index is 0.0217. The highest BCUT2D eigenvalue weighted by molar-refractivity contribution is 5.77. The van der Waals surface area contributed by atoms with E-state index in [0.29, 0.717) is 12.8 Å². The molecular weight excluding hydrogens is 328 g/mol. The van der Waals surface area contributed by atoms with Crippen LogP contribution in [0.1, 0.15) is 42.6 Å². The van der Waals surface area contributed by atoms with E-state index >= 15 is 0 Å². The lowest BCUT2D eigenvalue weighted by Gasteiger charge is -2.23. The monoisotopic (exact) mass is 350 g/mol. The summed E-state index contributed by atoms with van der Waals surface area (Å²) in [5.41, 5.74) is 3.09. The molecule has 26 heavy (non-hydrogen) atoms. The topological polar surface area (TPSA) is 90.6 Å². The van der Waals surface area contributed by atoms with E-state index in [0.717, 1.165) is 48.0 Å². The number of nitrogens with one attached hydrogen (secondary N) is 2. The molecule has 7 heteroatoms. The molecule has 0 saturated carbocycles. The van der Waals surface area contributed by atoms with Crippen LogP contribution in [0, 0.1) is 6.92 Å². The van der Waals surface area contributed by atoms with Gasteiger partial charge in [-0.1, -0.05) is 30.3 Å². The van der Waals surface area contributed by atoms with Gasteiger partial charge in [0, 0.05) is 30.6 Å². The van der Waals surface area contributed by atoms with Crippen molar-refractivity contribution in [3.63, 3.8) is 0 Å². The van der Waals surface area contributed by atoms with Crippen molar-refractivity contribution >= 4 is 5.91 Å². The van der Waals surface area contributed by atoms with Gasteiger partial charge in [-0.25, -0.2) is 9.97 Å². The third kappa shape index (κ3) is 3.24. The Balaban J connectivity index is 1.50. The Bertz CT molecular complexity index is 871. The number of nitrogens with zero attached hydrogens (tertiary/aromatic N) is 4. The van der Waals surface area contributed by atoms with Crippen molar-refractivity contribution in [3.05, 3.63) is 54.0 Å². The van der Waals surface area contributed by atoms with Crippen molar-refractivity contribution in [2.75, 3.05) is 6.54 Å². The highest BCUT2D eigenvalue weighted by Crippen LogP contribution is 2.33. The first-order chi connectivity index (χ1) is 12.7. The van der Waals surface area contributed by atoms with Crippen molar-refractivity contribution in [1.29, 1.82) is 0 Å². The Kier molecular flexibility index (Phi) is 4.51. The highest BCUT2D eigenvalue weighted by Gasteiger charge is 2.32. The van der Waals surface area contributed by atoms with Crippen LogP contribution in [0.2, 0.25) is 0 Å². The molecule has 1 aliphatic rings. The Morgan fingerprint density at radius 2 is 2.15 bits per heavy atom. The number of aryl methyl sites for hydroxylation is 2. The number of hydrogen-bond donors (Lipinski definition) is 2. The third-order valence-electron chi connectivity index (χ3n) is 4.88. The maximum Gasteiger partial charge on any atom is 0.223 e. The van der Waals surface area contributed by atoms with Crippen molar-refractivity contribution < 1.29 is 4.79 Å². The summed E-state index contributed by atoms with van der Waals surface area (Å²) in [7, 11) is 0. The predicted molar refractivity (Wildman–Crippen MR) is 97.2 cm³/mol. The third-order valence-corrected chi connectivity index (χ3v) is 4.88. The second-order valence-corrected chi connectivity index (χ2v) is 6.64. The smallest absolute Gasteiger partial charge is 0.223 e. The van der Waals surface area contributed by atoms with Gasteiger partial charge in [-0.15, -0.1) is 0 Å². The van der Waals surface area contributed by atoms with Crippen LogP contribution in [-0.4, -0.2) is 42.5 Å². The minimum atomic E-state index is 0.0217. The van der Waals surface area contributed by atoms with Crippen LogP contribution >= 0.6 is 0 Å². The number of rotatable bonds is 5. The second kappa shape index (κ2) is 7.11. The van der Waals surface area contributed by atoms with Gasteiger partial charge in [-0.3, -0.25) is 9.89 Å². The van der Waals surface area contributed by atoms with Crippen LogP contribution in [0.4, 0.5) is 0 Å². The molecule has 1 amide bonds. The van der Waals surface area contributed by atoms with Crippen LogP contribution in [0.15, 0.2) is 36.7 Å². The van der Waals surface area contributed by atoms with Crippen LogP contribution in [-0.2, 0) is 11.2 Å². The molecule has 1 saturated heterocycles. The number of likely N-dealkylation sites (tertiary alicyclic amines) is 1. The van der Waals surface area contributed by atoms with E-state index in [1.807, 2.05) is 30.0 Å². The summed E-state index contributed by atoms with van der Waals surface area (Å²) in [5.74, 6) is 1.76. The zero-order valence-electron chi connectivity index (χ0n) is 14.8. The molecule has 0 bridgehead atoms. The van der Waals surface area contributed by atoms with Gasteiger partial charge in [0.2, 0.25) is 5.91 Å². The Morgan fingerprint density at radius 1 is 1.31 bits per heavy atom. The average molecular weight is 350 g/mol. The summed E-state index contributed by atoms with van der Waals surface area (Å²) in [6, 6.07) is 10.2. The molecule has 4 rings (SSSR count). The first-order valence-electron chi connectivity index (χ1n) is 8.98. The molecule has 134 valence electrons. The number of amides is 1. The quantitative estimate of drug-likeness (QED) is 0.740. The SMILES string of the molecule is Cc1[nH]c(C2CCCN2C(=O)CCc2ncn[nH]2)nc1-c1ccccc1. The zero-order valence-corrected chi connectivity index (χ0v) is 14.8. The summed E-state index contributed by atoms with van der Waals surface area (Å²) in [6.45, 7) is 2.81. The van der Waals surface area contributed by atoms with E-state index in [9.17, 15) is 4.79 Å². The lowest BCUT2D eigenvalue weighted by molar-refractivity contribution is -0.132. The maximum absolute atomic E-state index is 12.7. The van der Waals surface area contributed by atoms with Gasteiger partial charge in [0.15, 0.2) is 0 Å². The standard InChI is InChI=1S/C19H22N6O/c1-13-18(14-6-3-2-4-7-14)23-19(22-13)15-8-5-11-25(15)17(26)10-9-16-20-12-21-24-16/h2-4,6-7,12,15H,5,8-11H2,1H3,(H,22,23)(H,20,21,24). The van der Waals surface area contributed by atoms with Gasteiger partial charge in [0.05, 0.1) is 11.7 Å². The van der Waals surface area contributed by atoms with E-state index < -0.39 is 0 Å². The Hall–Kier alpha value is -2.96. The summed E-state index contributed by atoms with van der Waals surface area (Å²) in [4.78, 5) is 27.0. The molecule has 0 aliphatic carbocycles. The minimum Gasteiger partial charge on any atom is -0.344 e. The number of H-pyrrole nitrogens is 2. The highest BCUT2D eigenvalue weighted by atomic mass is 16.2. The normalized spacial score (nSPS) is 17.0. The number of aromatic amines is 2. The summed E-state index contributed by atoms with van der Waals surface area (Å²) in [6.07, 6.45) is 4.41. The van der Waals surface area contributed by atoms with Crippen molar-refractivity contribution in [1.82, 2.24) is 30.0 Å².